The molecule has 0 saturated heterocycles. The van der Waals surface area contributed by atoms with Crippen molar-refractivity contribution in [3.63, 3.8) is 0 Å². The van der Waals surface area contributed by atoms with Crippen molar-refractivity contribution in [2.45, 2.75) is 11.8 Å². The second-order valence-electron chi connectivity index (χ2n) is 3.96. The van der Waals surface area contributed by atoms with Gasteiger partial charge < -0.3 is 5.32 Å². The van der Waals surface area contributed by atoms with E-state index < -0.39 is 14.9 Å². The van der Waals surface area contributed by atoms with E-state index in [4.69, 9.17) is 0 Å². The van der Waals surface area contributed by atoms with Crippen LogP contribution in [0.1, 0.15) is 6.92 Å². The number of hydrazine groups is 1. The number of hydrogen-bond acceptors (Lipinski definition) is 6. The molecule has 106 valence electrons. The molecule has 0 aliphatic carbocycles. The SMILES string of the molecule is CCNc1ccc([N+](=O)[O-])cc1S(=O)(=O)NN(C)C. The first kappa shape index (κ1) is 15.3. The van der Waals surface area contributed by atoms with Gasteiger partial charge in [-0.2, -0.15) is 0 Å². The van der Waals surface area contributed by atoms with Crippen LogP contribution in [0.4, 0.5) is 11.4 Å². The van der Waals surface area contributed by atoms with Crippen LogP contribution >= 0.6 is 0 Å². The number of nitrogens with zero attached hydrogens (tertiary/aromatic N) is 2. The molecular weight excluding hydrogens is 272 g/mol. The minimum absolute atomic E-state index is 0.155. The van der Waals surface area contributed by atoms with Crippen molar-refractivity contribution >= 4 is 21.4 Å². The van der Waals surface area contributed by atoms with Gasteiger partial charge in [0.25, 0.3) is 15.7 Å². The van der Waals surface area contributed by atoms with Crippen molar-refractivity contribution in [2.24, 2.45) is 0 Å². The topological polar surface area (TPSA) is 105 Å². The van der Waals surface area contributed by atoms with Crippen LogP contribution in [0, 0.1) is 10.1 Å². The van der Waals surface area contributed by atoms with Crippen LogP contribution in [0.3, 0.4) is 0 Å². The van der Waals surface area contributed by atoms with E-state index >= 15 is 0 Å². The van der Waals surface area contributed by atoms with E-state index in [0.29, 0.717) is 12.2 Å². The molecule has 0 saturated carbocycles. The summed E-state index contributed by atoms with van der Waals surface area (Å²) in [4.78, 5) is 12.2. The number of nitrogens with one attached hydrogen (secondary N) is 2. The fourth-order valence-electron chi connectivity index (χ4n) is 1.47. The summed E-state index contributed by atoms with van der Waals surface area (Å²) in [7, 11) is -0.828. The van der Waals surface area contributed by atoms with Crippen LogP contribution in [0.15, 0.2) is 23.1 Å². The van der Waals surface area contributed by atoms with Crippen LogP contribution in [0.5, 0.6) is 0 Å². The van der Waals surface area contributed by atoms with Gasteiger partial charge in [0.05, 0.1) is 10.6 Å². The standard InChI is InChI=1S/C10H16N4O4S/c1-4-11-9-6-5-8(14(15)16)7-10(9)19(17,18)12-13(2)3/h5-7,11-12H,4H2,1-3H3. The molecule has 0 unspecified atom stereocenters. The molecule has 0 aliphatic heterocycles. The Morgan fingerprint density at radius 2 is 2.00 bits per heavy atom. The lowest BCUT2D eigenvalue weighted by Gasteiger charge is -2.15. The van der Waals surface area contributed by atoms with E-state index in [-0.39, 0.29) is 10.6 Å². The monoisotopic (exact) mass is 288 g/mol. The molecule has 9 heteroatoms. The predicted molar refractivity (Wildman–Crippen MR) is 71.3 cm³/mol. The molecule has 0 bridgehead atoms. The van der Waals surface area contributed by atoms with Gasteiger partial charge >= 0.3 is 0 Å². The van der Waals surface area contributed by atoms with Crippen molar-refractivity contribution in [3.05, 3.63) is 28.3 Å². The number of hydrogen-bond donors (Lipinski definition) is 2. The molecule has 0 heterocycles. The molecule has 0 atom stereocenters. The number of nitro benzene ring substituents is 1. The zero-order valence-electron chi connectivity index (χ0n) is 10.9. The molecule has 1 rings (SSSR count). The highest BCUT2D eigenvalue weighted by atomic mass is 32.2. The summed E-state index contributed by atoms with van der Waals surface area (Å²) in [6, 6.07) is 3.67. The number of sulfonamides is 1. The first-order valence-corrected chi connectivity index (χ1v) is 6.98. The lowest BCUT2D eigenvalue weighted by molar-refractivity contribution is -0.385. The van der Waals surface area contributed by atoms with E-state index in [2.05, 4.69) is 10.1 Å². The molecule has 0 radical (unpaired) electrons. The third-order valence-corrected chi connectivity index (χ3v) is 3.66. The molecule has 0 amide bonds. The number of nitro groups is 1. The van der Waals surface area contributed by atoms with Gasteiger partial charge in [0.1, 0.15) is 4.90 Å². The quantitative estimate of drug-likeness (QED) is 0.592. The highest BCUT2D eigenvalue weighted by molar-refractivity contribution is 7.89. The maximum Gasteiger partial charge on any atom is 0.270 e. The second kappa shape index (κ2) is 5.95. The molecule has 1 aromatic rings. The molecule has 8 nitrogen and oxygen atoms in total. The molecule has 0 aromatic heterocycles. The van der Waals surface area contributed by atoms with Crippen LogP contribution in [-0.2, 0) is 10.0 Å². The number of benzene rings is 1. The number of rotatable bonds is 6. The van der Waals surface area contributed by atoms with Gasteiger partial charge in [-0.1, -0.05) is 0 Å². The first-order valence-electron chi connectivity index (χ1n) is 5.50. The molecule has 19 heavy (non-hydrogen) atoms. The van der Waals surface area contributed by atoms with Gasteiger partial charge in [0.2, 0.25) is 0 Å². The Balaban J connectivity index is 3.36. The Bertz CT molecular complexity index is 571. The highest BCUT2D eigenvalue weighted by Gasteiger charge is 2.22. The zero-order valence-corrected chi connectivity index (χ0v) is 11.7. The summed E-state index contributed by atoms with van der Waals surface area (Å²) in [6.07, 6.45) is 0. The van der Waals surface area contributed by atoms with Crippen molar-refractivity contribution in [1.82, 2.24) is 9.84 Å². The van der Waals surface area contributed by atoms with E-state index in [1.165, 1.54) is 31.2 Å². The third-order valence-electron chi connectivity index (χ3n) is 2.14. The minimum Gasteiger partial charge on any atom is -0.384 e. The van der Waals surface area contributed by atoms with Crippen LogP contribution in [0.2, 0.25) is 0 Å². The molecule has 0 aliphatic rings. The summed E-state index contributed by atoms with van der Waals surface area (Å²) in [6.45, 7) is 2.31. The van der Waals surface area contributed by atoms with E-state index in [9.17, 15) is 18.5 Å². The smallest absolute Gasteiger partial charge is 0.270 e. The maximum absolute atomic E-state index is 12.1. The van der Waals surface area contributed by atoms with E-state index in [0.717, 1.165) is 6.07 Å². The van der Waals surface area contributed by atoms with Gasteiger partial charge in [-0.25, -0.2) is 13.4 Å². The van der Waals surface area contributed by atoms with E-state index in [1.54, 1.807) is 6.92 Å². The predicted octanol–water partition coefficient (Wildman–Crippen LogP) is 0.781. The fourth-order valence-corrected chi connectivity index (χ4v) is 2.76. The third kappa shape index (κ3) is 3.88. The summed E-state index contributed by atoms with van der Waals surface area (Å²) in [5.74, 6) is 0. The Morgan fingerprint density at radius 3 is 2.47 bits per heavy atom. The van der Waals surface area contributed by atoms with Crippen LogP contribution < -0.4 is 10.1 Å². The Morgan fingerprint density at radius 1 is 1.37 bits per heavy atom. The normalized spacial score (nSPS) is 11.6. The van der Waals surface area contributed by atoms with Crippen molar-refractivity contribution in [1.29, 1.82) is 0 Å². The highest BCUT2D eigenvalue weighted by Crippen LogP contribution is 2.26. The summed E-state index contributed by atoms with van der Waals surface area (Å²) >= 11 is 0. The lowest BCUT2D eigenvalue weighted by Crippen LogP contribution is -2.36. The average molecular weight is 288 g/mol. The summed E-state index contributed by atoms with van der Waals surface area (Å²) in [5, 5.41) is 14.8. The average Bonchev–Trinajstić information content (AvgIpc) is 2.27. The summed E-state index contributed by atoms with van der Waals surface area (Å²) in [5.41, 5.74) is 0.0447. The fraction of sp³-hybridized carbons (Fsp3) is 0.400. The lowest BCUT2D eigenvalue weighted by atomic mass is 10.3. The number of non-ortho nitro benzene ring substituents is 1. The summed E-state index contributed by atoms with van der Waals surface area (Å²) < 4.78 is 24.2. The van der Waals surface area contributed by atoms with Crippen molar-refractivity contribution in [2.75, 3.05) is 26.0 Å². The van der Waals surface area contributed by atoms with Crippen molar-refractivity contribution < 1.29 is 13.3 Å². The van der Waals surface area contributed by atoms with Gasteiger partial charge in [-0.15, -0.1) is 4.83 Å². The van der Waals surface area contributed by atoms with Gasteiger partial charge in [-0.3, -0.25) is 10.1 Å². The zero-order chi connectivity index (χ0) is 14.6. The van der Waals surface area contributed by atoms with Gasteiger partial charge in [0.15, 0.2) is 0 Å². The molecule has 0 spiro atoms. The number of anilines is 1. The minimum atomic E-state index is -3.86. The van der Waals surface area contributed by atoms with Crippen molar-refractivity contribution in [3.8, 4) is 0 Å². The Kier molecular flexibility index (Phi) is 4.81. The Hall–Kier alpha value is -1.71. The van der Waals surface area contributed by atoms with Gasteiger partial charge in [0, 0.05) is 32.8 Å². The first-order chi connectivity index (χ1) is 8.77. The largest absolute Gasteiger partial charge is 0.384 e. The Labute approximate surface area is 111 Å². The second-order valence-corrected chi connectivity index (χ2v) is 5.59. The molecular formula is C10H16N4O4S. The van der Waals surface area contributed by atoms with Crippen LogP contribution in [0.25, 0.3) is 0 Å². The molecule has 0 fully saturated rings. The van der Waals surface area contributed by atoms with E-state index in [1.807, 2.05) is 0 Å². The maximum atomic E-state index is 12.1. The molecule has 1 aromatic carbocycles. The van der Waals surface area contributed by atoms with Gasteiger partial charge in [-0.05, 0) is 13.0 Å². The molecule has 2 N–H and O–H groups in total. The van der Waals surface area contributed by atoms with Crippen LogP contribution in [-0.4, -0.2) is 39.0 Å².